The third-order valence-corrected chi connectivity index (χ3v) is 5.93. The van der Waals surface area contributed by atoms with Gasteiger partial charge in [-0.25, -0.2) is 0 Å². The molecule has 0 aliphatic carbocycles. The molecule has 4 rings (SSSR count). The third kappa shape index (κ3) is 3.28. The third-order valence-electron chi connectivity index (χ3n) is 5.93. The molecule has 2 aliphatic rings. The Morgan fingerprint density at radius 3 is 2.48 bits per heavy atom. The number of aromatic nitrogens is 1. The molecule has 4 nitrogen and oxygen atoms in total. The van der Waals surface area contributed by atoms with Gasteiger partial charge >= 0.3 is 6.18 Å². The van der Waals surface area contributed by atoms with E-state index in [1.807, 2.05) is 30.5 Å². The fraction of sp³-hybridized carbons (Fsp3) is 0.364. The summed E-state index contributed by atoms with van der Waals surface area (Å²) in [5.74, 6) is -0.174. The van der Waals surface area contributed by atoms with Gasteiger partial charge in [0.15, 0.2) is 5.78 Å². The highest BCUT2D eigenvalue weighted by atomic mass is 19.4. The monoisotopic (exact) mass is 399 g/mol. The molecule has 2 bridgehead atoms. The highest BCUT2D eigenvalue weighted by Gasteiger charge is 2.50. The van der Waals surface area contributed by atoms with Gasteiger partial charge in [0.25, 0.3) is 0 Å². The van der Waals surface area contributed by atoms with Gasteiger partial charge in [-0.3, -0.25) is 9.69 Å². The summed E-state index contributed by atoms with van der Waals surface area (Å²) in [6.07, 6.45) is -1.97. The maximum absolute atomic E-state index is 13.2. The van der Waals surface area contributed by atoms with Crippen molar-refractivity contribution in [2.24, 2.45) is 0 Å². The number of rotatable bonds is 4. The Labute approximate surface area is 166 Å². The maximum atomic E-state index is 13.2. The van der Waals surface area contributed by atoms with Crippen LogP contribution in [0.5, 0.6) is 0 Å². The predicted octanol–water partition coefficient (Wildman–Crippen LogP) is 4.48. The van der Waals surface area contributed by atoms with Crippen LogP contribution in [0.3, 0.4) is 0 Å². The Kier molecular flexibility index (Phi) is 4.62. The van der Waals surface area contributed by atoms with Crippen molar-refractivity contribution in [2.75, 3.05) is 6.54 Å². The standard InChI is InChI=1S/C22H20F3N3O/c1-13-9-18(14(2)28(13)16-5-3-15(11-26)4-6-16)21(29)12-27-17-7-8-20(27)19(10-17)22(23,24)25/h3-6,9-10,17,20H,7-8,12H2,1-2H3/t17-,20+/m0/s1. The minimum Gasteiger partial charge on any atom is -0.318 e. The molecule has 7 heteroatoms. The van der Waals surface area contributed by atoms with Gasteiger partial charge in [0.1, 0.15) is 0 Å². The first-order chi connectivity index (χ1) is 13.7. The molecule has 1 aromatic heterocycles. The lowest BCUT2D eigenvalue weighted by molar-refractivity contribution is -0.0977. The molecule has 0 spiro atoms. The molecule has 0 amide bonds. The highest BCUT2D eigenvalue weighted by Crippen LogP contribution is 2.44. The molecular weight excluding hydrogens is 379 g/mol. The number of nitrogens with zero attached hydrogens (tertiary/aromatic N) is 3. The summed E-state index contributed by atoms with van der Waals surface area (Å²) in [5.41, 5.74) is 2.99. The van der Waals surface area contributed by atoms with Crippen molar-refractivity contribution in [3.63, 3.8) is 0 Å². The van der Waals surface area contributed by atoms with Gasteiger partial charge in [0.2, 0.25) is 0 Å². The Balaban J connectivity index is 1.57. The summed E-state index contributed by atoms with van der Waals surface area (Å²) in [6.45, 7) is 3.68. The van der Waals surface area contributed by atoms with Crippen molar-refractivity contribution >= 4 is 5.78 Å². The van der Waals surface area contributed by atoms with Crippen LogP contribution in [-0.2, 0) is 0 Å². The molecule has 1 aromatic carbocycles. The molecule has 1 saturated heterocycles. The van der Waals surface area contributed by atoms with Crippen LogP contribution >= 0.6 is 0 Å². The Bertz CT molecular complexity index is 1040. The zero-order valence-corrected chi connectivity index (χ0v) is 16.1. The van der Waals surface area contributed by atoms with Crippen LogP contribution in [0.25, 0.3) is 5.69 Å². The van der Waals surface area contributed by atoms with Crippen LogP contribution < -0.4 is 0 Å². The number of carbonyl (C=O) groups excluding carboxylic acids is 1. The molecule has 1 fully saturated rings. The van der Waals surface area contributed by atoms with E-state index in [2.05, 4.69) is 6.07 Å². The average molecular weight is 399 g/mol. The van der Waals surface area contributed by atoms with Crippen molar-refractivity contribution in [3.8, 4) is 11.8 Å². The second-order valence-corrected chi connectivity index (χ2v) is 7.65. The summed E-state index contributed by atoms with van der Waals surface area (Å²) in [4.78, 5) is 14.7. The van der Waals surface area contributed by atoms with Crippen molar-refractivity contribution in [1.82, 2.24) is 9.47 Å². The molecule has 0 N–H and O–H groups in total. The molecular formula is C22H20F3N3O. The Morgan fingerprint density at radius 2 is 1.90 bits per heavy atom. The van der Waals surface area contributed by atoms with Crippen molar-refractivity contribution in [3.05, 3.63) is 64.5 Å². The van der Waals surface area contributed by atoms with Crippen LogP contribution in [0, 0.1) is 25.2 Å². The number of aryl methyl sites for hydroxylation is 1. The molecule has 0 unspecified atom stereocenters. The number of halogens is 3. The first-order valence-corrected chi connectivity index (χ1v) is 9.48. The largest absolute Gasteiger partial charge is 0.413 e. The molecule has 29 heavy (non-hydrogen) atoms. The first-order valence-electron chi connectivity index (χ1n) is 9.48. The number of carbonyl (C=O) groups is 1. The molecule has 150 valence electrons. The zero-order valence-electron chi connectivity index (χ0n) is 16.1. The van der Waals surface area contributed by atoms with E-state index in [9.17, 15) is 18.0 Å². The Hall–Kier alpha value is -2.85. The van der Waals surface area contributed by atoms with E-state index in [1.165, 1.54) is 6.08 Å². The number of alkyl halides is 3. The lowest BCUT2D eigenvalue weighted by Crippen LogP contribution is -2.37. The van der Waals surface area contributed by atoms with Gasteiger partial charge in [-0.05, 0) is 57.0 Å². The summed E-state index contributed by atoms with van der Waals surface area (Å²) in [7, 11) is 0. The number of ketones is 1. The summed E-state index contributed by atoms with van der Waals surface area (Å²) in [5, 5.41) is 8.96. The van der Waals surface area contributed by atoms with Crippen LogP contribution in [0.15, 0.2) is 42.0 Å². The molecule has 0 saturated carbocycles. The number of benzene rings is 1. The van der Waals surface area contributed by atoms with Crippen molar-refractivity contribution in [1.29, 1.82) is 5.26 Å². The van der Waals surface area contributed by atoms with Gasteiger partial charge in [0.05, 0.1) is 18.2 Å². The molecule has 3 heterocycles. The van der Waals surface area contributed by atoms with E-state index < -0.39 is 17.8 Å². The quantitative estimate of drug-likeness (QED) is 0.563. The fourth-order valence-electron chi connectivity index (χ4n) is 4.61. The van der Waals surface area contributed by atoms with Gasteiger partial charge < -0.3 is 4.57 Å². The number of hydrogen-bond acceptors (Lipinski definition) is 3. The maximum Gasteiger partial charge on any atom is 0.413 e. The smallest absolute Gasteiger partial charge is 0.318 e. The molecule has 2 aliphatic heterocycles. The van der Waals surface area contributed by atoms with Crippen LogP contribution in [0.1, 0.15) is 40.2 Å². The van der Waals surface area contributed by atoms with E-state index in [0.29, 0.717) is 24.0 Å². The molecule has 0 radical (unpaired) electrons. The van der Waals surface area contributed by atoms with Gasteiger partial charge in [0, 0.05) is 40.3 Å². The molecule has 2 aromatic rings. The van der Waals surface area contributed by atoms with E-state index in [4.69, 9.17) is 5.26 Å². The van der Waals surface area contributed by atoms with Gasteiger partial charge in [-0.15, -0.1) is 0 Å². The van der Waals surface area contributed by atoms with Crippen molar-refractivity contribution in [2.45, 2.75) is 44.9 Å². The lowest BCUT2D eigenvalue weighted by atomic mass is 9.99. The number of fused-ring (bicyclic) bond motifs is 2. The van der Waals surface area contributed by atoms with E-state index in [-0.39, 0.29) is 18.4 Å². The van der Waals surface area contributed by atoms with Gasteiger partial charge in [-0.2, -0.15) is 18.4 Å². The van der Waals surface area contributed by atoms with Gasteiger partial charge in [-0.1, -0.05) is 6.08 Å². The summed E-state index contributed by atoms with van der Waals surface area (Å²) in [6, 6.07) is 9.87. The second-order valence-electron chi connectivity index (χ2n) is 7.65. The van der Waals surface area contributed by atoms with Crippen molar-refractivity contribution < 1.29 is 18.0 Å². The van der Waals surface area contributed by atoms with E-state index >= 15 is 0 Å². The average Bonchev–Trinajstić information content (AvgIpc) is 3.32. The normalized spacial score (nSPS) is 21.3. The highest BCUT2D eigenvalue weighted by molar-refractivity contribution is 5.99. The number of nitriles is 1. The minimum atomic E-state index is -4.34. The van der Waals surface area contributed by atoms with Crippen LogP contribution in [-0.4, -0.2) is 40.1 Å². The topological polar surface area (TPSA) is 49.0 Å². The summed E-state index contributed by atoms with van der Waals surface area (Å²) >= 11 is 0. The van der Waals surface area contributed by atoms with Crippen LogP contribution in [0.4, 0.5) is 13.2 Å². The van der Waals surface area contributed by atoms with Crippen LogP contribution in [0.2, 0.25) is 0 Å². The lowest BCUT2D eigenvalue weighted by Gasteiger charge is -2.23. The first kappa shape index (κ1) is 19.5. The second kappa shape index (κ2) is 6.89. The SMILES string of the molecule is Cc1cc(C(=O)CN2[C@@H]3C=C(C(F)(F)F)[C@H]2CC3)c(C)n1-c1ccc(C#N)cc1. The van der Waals surface area contributed by atoms with E-state index in [0.717, 1.165) is 17.1 Å². The summed E-state index contributed by atoms with van der Waals surface area (Å²) < 4.78 is 41.6. The Morgan fingerprint density at radius 1 is 1.21 bits per heavy atom. The number of hydrogen-bond donors (Lipinski definition) is 0. The molecule has 2 atom stereocenters. The fourth-order valence-corrected chi connectivity index (χ4v) is 4.61. The zero-order chi connectivity index (χ0) is 20.9. The number of Topliss-reactive ketones (excluding diaryl/α,β-unsaturated/α-hetero) is 1. The predicted molar refractivity (Wildman–Crippen MR) is 102 cm³/mol. The van der Waals surface area contributed by atoms with E-state index in [1.54, 1.807) is 23.1 Å². The minimum absolute atomic E-state index is 0.0247.